The second-order valence-electron chi connectivity index (χ2n) is 6.26. The van der Waals surface area contributed by atoms with Gasteiger partial charge in [-0.25, -0.2) is 0 Å². The molecular weight excluding hydrogens is 332 g/mol. The van der Waals surface area contributed by atoms with E-state index >= 15 is 0 Å². The highest BCUT2D eigenvalue weighted by molar-refractivity contribution is 7.81. The minimum Gasteiger partial charge on any atom is -0.361 e. The summed E-state index contributed by atoms with van der Waals surface area (Å²) < 4.78 is 34.5. The van der Waals surface area contributed by atoms with Gasteiger partial charge in [-0.15, -0.1) is 0 Å². The third kappa shape index (κ3) is 2.43. The van der Waals surface area contributed by atoms with Gasteiger partial charge in [-0.1, -0.05) is 18.2 Å². The summed E-state index contributed by atoms with van der Waals surface area (Å²) >= 11 is 0. The van der Waals surface area contributed by atoms with Crippen molar-refractivity contribution in [3.05, 3.63) is 41.6 Å². The Balaban J connectivity index is 1.80. The molecule has 0 saturated heterocycles. The van der Waals surface area contributed by atoms with E-state index in [2.05, 4.69) is 9.17 Å². The highest BCUT2D eigenvalue weighted by Gasteiger charge is 2.37. The summed E-state index contributed by atoms with van der Waals surface area (Å²) in [6.45, 7) is 0.332. The van der Waals surface area contributed by atoms with Crippen LogP contribution in [0.25, 0.3) is 16.5 Å². The molecule has 1 aliphatic heterocycles. The number of H-pyrrole nitrogens is 1. The Morgan fingerprint density at radius 1 is 1.42 bits per heavy atom. The molecule has 2 N–H and O–H groups in total. The average Bonchev–Trinajstić information content (AvgIpc) is 2.91. The summed E-state index contributed by atoms with van der Waals surface area (Å²) in [7, 11) is -2.91. The Morgan fingerprint density at radius 3 is 2.96 bits per heavy atom. The van der Waals surface area contributed by atoms with Crippen LogP contribution in [0.15, 0.2) is 30.5 Å². The fraction of sp³-hybridized carbons (Fsp3) is 0.312. The van der Waals surface area contributed by atoms with Crippen LogP contribution in [-0.4, -0.2) is 48.5 Å². The zero-order valence-electron chi connectivity index (χ0n) is 12.9. The summed E-state index contributed by atoms with van der Waals surface area (Å²) in [6.07, 6.45) is 4.60. The molecule has 0 saturated carbocycles. The largest absolute Gasteiger partial charge is 0.449 e. The number of hydrogen-bond donors (Lipinski definition) is 2. The average molecular weight is 348 g/mol. The van der Waals surface area contributed by atoms with Crippen LogP contribution in [-0.2, 0) is 25.8 Å². The van der Waals surface area contributed by atoms with E-state index in [-0.39, 0.29) is 6.04 Å². The van der Waals surface area contributed by atoms with E-state index in [1.165, 1.54) is 5.56 Å². The van der Waals surface area contributed by atoms with Gasteiger partial charge in [-0.2, -0.15) is 8.42 Å². The van der Waals surface area contributed by atoms with Gasteiger partial charge >= 0.3 is 16.4 Å². The predicted molar refractivity (Wildman–Crippen MR) is 87.5 cm³/mol. The summed E-state index contributed by atoms with van der Waals surface area (Å²) in [5.74, 6) is -1.72. The lowest BCUT2D eigenvalue weighted by atomic mass is 9.80. The lowest BCUT2D eigenvalue weighted by molar-refractivity contribution is -0.138. The number of likely N-dealkylation sites (N-methyl/N-ethyl adjacent to an activating group) is 1. The van der Waals surface area contributed by atoms with Crippen molar-refractivity contribution in [2.45, 2.75) is 12.5 Å². The number of aromatic nitrogens is 1. The fourth-order valence-electron chi connectivity index (χ4n) is 3.76. The molecule has 1 aromatic carbocycles. The normalized spacial score (nSPS) is 23.7. The number of nitrogens with zero attached hydrogens (tertiary/aromatic N) is 1. The molecule has 8 heteroatoms. The first-order valence-corrected chi connectivity index (χ1v) is 8.92. The molecule has 2 heterocycles. The van der Waals surface area contributed by atoms with Gasteiger partial charge in [0.25, 0.3) is 0 Å². The second-order valence-corrected chi connectivity index (χ2v) is 7.28. The van der Waals surface area contributed by atoms with Crippen molar-refractivity contribution < 1.29 is 21.9 Å². The van der Waals surface area contributed by atoms with Crippen LogP contribution in [0.4, 0.5) is 0 Å². The lowest BCUT2D eigenvalue weighted by Crippen LogP contribution is -2.44. The first-order valence-electron chi connectivity index (χ1n) is 7.55. The number of carbonyl (C=O) groups excluding carboxylic acids is 1. The van der Waals surface area contributed by atoms with Gasteiger partial charge in [0.2, 0.25) is 0 Å². The first-order chi connectivity index (χ1) is 11.3. The van der Waals surface area contributed by atoms with Crippen LogP contribution in [0.5, 0.6) is 0 Å². The van der Waals surface area contributed by atoms with Crippen molar-refractivity contribution in [1.29, 1.82) is 0 Å². The molecule has 24 heavy (non-hydrogen) atoms. The maximum Gasteiger partial charge on any atom is 0.449 e. The van der Waals surface area contributed by atoms with Crippen molar-refractivity contribution >= 4 is 32.8 Å². The molecule has 0 unspecified atom stereocenters. The SMILES string of the molecule is CN1C[C@H](C(=O)OS(=O)(=O)O)C=C2c3cccc4[nH]cc(c34)C[C@H]21. The van der Waals surface area contributed by atoms with E-state index in [4.69, 9.17) is 4.55 Å². The molecule has 0 radical (unpaired) electrons. The molecule has 126 valence electrons. The summed E-state index contributed by atoms with van der Waals surface area (Å²) in [5, 5.41) is 1.14. The van der Waals surface area contributed by atoms with Crippen LogP contribution in [0.3, 0.4) is 0 Å². The topological polar surface area (TPSA) is 99.7 Å². The van der Waals surface area contributed by atoms with Gasteiger partial charge in [0.05, 0.1) is 5.92 Å². The van der Waals surface area contributed by atoms with Gasteiger partial charge in [-0.05, 0) is 36.2 Å². The molecule has 2 aliphatic rings. The van der Waals surface area contributed by atoms with Crippen LogP contribution >= 0.6 is 0 Å². The minimum atomic E-state index is -4.80. The number of nitrogens with one attached hydrogen (secondary N) is 1. The number of aromatic amines is 1. The molecule has 1 aliphatic carbocycles. The van der Waals surface area contributed by atoms with E-state index in [1.807, 2.05) is 36.3 Å². The molecule has 7 nitrogen and oxygen atoms in total. The Kier molecular flexibility index (Phi) is 3.31. The van der Waals surface area contributed by atoms with Crippen molar-refractivity contribution in [1.82, 2.24) is 9.88 Å². The van der Waals surface area contributed by atoms with Gasteiger partial charge in [-0.3, -0.25) is 14.2 Å². The summed E-state index contributed by atoms with van der Waals surface area (Å²) in [5.41, 5.74) is 4.29. The number of benzene rings is 1. The fourth-order valence-corrected chi connectivity index (χ4v) is 4.10. The maximum absolute atomic E-state index is 12.0. The highest BCUT2D eigenvalue weighted by atomic mass is 32.3. The minimum absolute atomic E-state index is 0.119. The van der Waals surface area contributed by atoms with E-state index in [1.54, 1.807) is 6.08 Å². The Hall–Kier alpha value is -2.16. The van der Waals surface area contributed by atoms with E-state index in [9.17, 15) is 13.2 Å². The lowest BCUT2D eigenvalue weighted by Gasteiger charge is -2.39. The molecule has 0 bridgehead atoms. The van der Waals surface area contributed by atoms with Gasteiger partial charge < -0.3 is 9.17 Å². The van der Waals surface area contributed by atoms with Crippen LogP contribution in [0.2, 0.25) is 0 Å². The third-order valence-electron chi connectivity index (χ3n) is 4.76. The molecule has 2 aromatic rings. The first kappa shape index (κ1) is 15.4. The maximum atomic E-state index is 12.0. The van der Waals surface area contributed by atoms with E-state index in [0.29, 0.717) is 6.54 Å². The predicted octanol–water partition coefficient (Wildman–Crippen LogP) is 1.38. The van der Waals surface area contributed by atoms with Gasteiger partial charge in [0, 0.05) is 29.7 Å². The van der Waals surface area contributed by atoms with Crippen molar-refractivity contribution in [3.63, 3.8) is 0 Å². The number of fused-ring (bicyclic) bond motifs is 2. The van der Waals surface area contributed by atoms with Gasteiger partial charge in [0.1, 0.15) is 0 Å². The van der Waals surface area contributed by atoms with E-state index < -0.39 is 22.3 Å². The summed E-state index contributed by atoms with van der Waals surface area (Å²) in [6, 6.07) is 6.07. The molecule has 1 aromatic heterocycles. The number of carbonyl (C=O) groups is 1. The summed E-state index contributed by atoms with van der Waals surface area (Å²) in [4.78, 5) is 17.3. The Morgan fingerprint density at radius 2 is 2.21 bits per heavy atom. The van der Waals surface area contributed by atoms with Crippen LogP contribution in [0.1, 0.15) is 11.1 Å². The molecular formula is C16H16N2O5S. The molecule has 0 spiro atoms. The smallest absolute Gasteiger partial charge is 0.361 e. The zero-order valence-corrected chi connectivity index (χ0v) is 13.7. The highest BCUT2D eigenvalue weighted by Crippen LogP contribution is 2.40. The monoisotopic (exact) mass is 348 g/mol. The van der Waals surface area contributed by atoms with E-state index in [0.717, 1.165) is 28.5 Å². The Bertz CT molecular complexity index is 976. The number of hydrogen-bond acceptors (Lipinski definition) is 5. The molecule has 0 fully saturated rings. The Labute approximate surface area is 138 Å². The molecule has 4 rings (SSSR count). The van der Waals surface area contributed by atoms with Gasteiger partial charge in [0.15, 0.2) is 0 Å². The second kappa shape index (κ2) is 5.17. The van der Waals surface area contributed by atoms with Crippen molar-refractivity contribution in [3.8, 4) is 0 Å². The van der Waals surface area contributed by atoms with Crippen LogP contribution < -0.4 is 0 Å². The standard InChI is InChI=1S/C16H16N2O5S/c1-18-8-10(16(19)23-24(20,21)22)5-12-11-3-2-4-13-15(11)9(7-17-13)6-14(12)18/h2-5,7,10,14,17H,6,8H2,1H3,(H,20,21,22)/t10-,14-/m1/s1. The molecule has 0 amide bonds. The quantitative estimate of drug-likeness (QED) is 0.796. The number of rotatable bonds is 2. The zero-order chi connectivity index (χ0) is 17.1. The van der Waals surface area contributed by atoms with Crippen molar-refractivity contribution in [2.24, 2.45) is 5.92 Å². The van der Waals surface area contributed by atoms with Crippen molar-refractivity contribution in [2.75, 3.05) is 13.6 Å². The third-order valence-corrected chi connectivity index (χ3v) is 5.13. The van der Waals surface area contributed by atoms with Crippen LogP contribution in [0, 0.1) is 5.92 Å². The molecule has 2 atom stereocenters.